The Hall–Kier alpha value is -3.11. The molecular formula is C21H18O9. The Morgan fingerprint density at radius 2 is 1.73 bits per heavy atom. The van der Waals surface area contributed by atoms with Crippen molar-refractivity contribution in [2.24, 2.45) is 0 Å². The Morgan fingerprint density at radius 1 is 1.00 bits per heavy atom. The summed E-state index contributed by atoms with van der Waals surface area (Å²) < 4.78 is 17.1. The van der Waals surface area contributed by atoms with Gasteiger partial charge in [0.05, 0.1) is 12.2 Å². The van der Waals surface area contributed by atoms with E-state index in [0.29, 0.717) is 5.56 Å². The molecule has 3 heterocycles. The van der Waals surface area contributed by atoms with Gasteiger partial charge in [-0.15, -0.1) is 0 Å². The van der Waals surface area contributed by atoms with Crippen molar-refractivity contribution in [2.45, 2.75) is 30.5 Å². The smallest absolute Gasteiger partial charge is 0.197 e. The van der Waals surface area contributed by atoms with E-state index in [1.54, 1.807) is 12.1 Å². The lowest BCUT2D eigenvalue weighted by molar-refractivity contribution is -0.215. The van der Waals surface area contributed by atoms with Crippen LogP contribution in [0.1, 0.15) is 11.7 Å². The van der Waals surface area contributed by atoms with Gasteiger partial charge >= 0.3 is 0 Å². The first kappa shape index (κ1) is 18.9. The number of phenolic OH excluding ortho intramolecular Hbond substituents is 2. The van der Waals surface area contributed by atoms with Crippen LogP contribution in [0.15, 0.2) is 45.6 Å². The topological polar surface area (TPSA) is 150 Å². The summed E-state index contributed by atoms with van der Waals surface area (Å²) in [4.78, 5) is 12.8. The lowest BCUT2D eigenvalue weighted by Crippen LogP contribution is -2.55. The van der Waals surface area contributed by atoms with E-state index in [0.717, 1.165) is 0 Å². The predicted octanol–water partition coefficient (Wildman–Crippen LogP) is 0.786. The number of hydrogen-bond donors (Lipinski definition) is 5. The average Bonchev–Trinajstić information content (AvgIpc) is 3.09. The molecule has 0 saturated carbocycles. The quantitative estimate of drug-likeness (QED) is 0.410. The maximum Gasteiger partial charge on any atom is 0.197 e. The molecule has 1 saturated heterocycles. The van der Waals surface area contributed by atoms with Gasteiger partial charge in [-0.3, -0.25) is 4.79 Å². The number of aliphatic hydroxyl groups excluding tert-OH is 3. The fourth-order valence-corrected chi connectivity index (χ4v) is 4.04. The SMILES string of the molecule is O=c1cc(-c2ccc(O)cc2)oc2cc3c(c(O)c12)[C@@H]1O[C@H](CO)[C@@H](O)[C@H](O)[C@H]1O3. The molecular weight excluding hydrogens is 396 g/mol. The first-order chi connectivity index (χ1) is 14.4. The highest BCUT2D eigenvalue weighted by Crippen LogP contribution is 2.50. The minimum Gasteiger partial charge on any atom is -0.508 e. The summed E-state index contributed by atoms with van der Waals surface area (Å²) in [5.41, 5.74) is 0.267. The number of ether oxygens (including phenoxy) is 2. The third-order valence-electron chi connectivity index (χ3n) is 5.56. The van der Waals surface area contributed by atoms with E-state index in [1.807, 2.05) is 0 Å². The Labute approximate surface area is 169 Å². The molecule has 9 nitrogen and oxygen atoms in total. The summed E-state index contributed by atoms with van der Waals surface area (Å²) >= 11 is 0. The van der Waals surface area contributed by atoms with Crippen LogP contribution in [0.4, 0.5) is 0 Å². The maximum atomic E-state index is 12.8. The van der Waals surface area contributed by atoms with Crippen molar-refractivity contribution in [2.75, 3.05) is 6.61 Å². The lowest BCUT2D eigenvalue weighted by atomic mass is 9.92. The molecule has 2 aliphatic heterocycles. The van der Waals surface area contributed by atoms with Crippen LogP contribution in [0, 0.1) is 0 Å². The fraction of sp³-hybridized carbons (Fsp3) is 0.286. The Kier molecular flexibility index (Phi) is 4.23. The van der Waals surface area contributed by atoms with Gasteiger partial charge in [-0.25, -0.2) is 0 Å². The van der Waals surface area contributed by atoms with Gasteiger partial charge in [-0.1, -0.05) is 0 Å². The summed E-state index contributed by atoms with van der Waals surface area (Å²) in [6, 6.07) is 8.72. The van der Waals surface area contributed by atoms with Gasteiger partial charge in [0.2, 0.25) is 0 Å². The van der Waals surface area contributed by atoms with Gasteiger partial charge in [0, 0.05) is 17.7 Å². The van der Waals surface area contributed by atoms with Crippen LogP contribution in [-0.4, -0.2) is 56.6 Å². The molecule has 9 heteroatoms. The molecule has 0 amide bonds. The molecule has 5 rings (SSSR count). The standard InChI is InChI=1S/C21H18O9/c22-7-14-17(25)19(27)21-20(30-14)16-13(29-21)6-12-15(18(16)26)10(24)5-11(28-12)8-1-3-9(23)4-2-8/h1-6,14,17,19-23,25-27H,7H2/t14-,17-,19+,20+,21-/m1/s1. The second-order valence-corrected chi connectivity index (χ2v) is 7.37. The monoisotopic (exact) mass is 414 g/mol. The van der Waals surface area contributed by atoms with Gasteiger partial charge < -0.3 is 39.4 Å². The molecule has 0 spiro atoms. The molecule has 5 atom stereocenters. The number of fused-ring (bicyclic) bond motifs is 4. The Bertz CT molecular complexity index is 1180. The van der Waals surface area contributed by atoms with E-state index in [1.165, 1.54) is 24.3 Å². The van der Waals surface area contributed by atoms with Crippen molar-refractivity contribution in [1.29, 1.82) is 0 Å². The van der Waals surface area contributed by atoms with Crippen LogP contribution >= 0.6 is 0 Å². The van der Waals surface area contributed by atoms with Gasteiger partial charge in [0.25, 0.3) is 0 Å². The minimum atomic E-state index is -1.37. The summed E-state index contributed by atoms with van der Waals surface area (Å²) in [5, 5.41) is 50.1. The highest BCUT2D eigenvalue weighted by atomic mass is 16.6. The average molecular weight is 414 g/mol. The van der Waals surface area contributed by atoms with Crippen LogP contribution in [0.25, 0.3) is 22.3 Å². The normalized spacial score (nSPS) is 27.5. The zero-order chi connectivity index (χ0) is 21.2. The highest BCUT2D eigenvalue weighted by Gasteiger charge is 2.52. The third kappa shape index (κ3) is 2.67. The molecule has 0 aliphatic carbocycles. The van der Waals surface area contributed by atoms with E-state index >= 15 is 0 Å². The second kappa shape index (κ2) is 6.71. The molecule has 0 radical (unpaired) electrons. The van der Waals surface area contributed by atoms with E-state index in [2.05, 4.69) is 0 Å². The molecule has 156 valence electrons. The van der Waals surface area contributed by atoms with Gasteiger partial charge in [-0.05, 0) is 24.3 Å². The first-order valence-corrected chi connectivity index (χ1v) is 9.31. The Balaban J connectivity index is 1.65. The van der Waals surface area contributed by atoms with Crippen molar-refractivity contribution in [1.82, 2.24) is 0 Å². The summed E-state index contributed by atoms with van der Waals surface area (Å²) in [6.45, 7) is -0.538. The number of phenols is 2. The number of hydrogen-bond acceptors (Lipinski definition) is 9. The Morgan fingerprint density at radius 3 is 2.43 bits per heavy atom. The molecule has 1 aromatic heterocycles. The van der Waals surface area contributed by atoms with Gasteiger partial charge in [0.15, 0.2) is 11.5 Å². The van der Waals surface area contributed by atoms with E-state index in [4.69, 9.17) is 13.9 Å². The third-order valence-corrected chi connectivity index (χ3v) is 5.56. The summed E-state index contributed by atoms with van der Waals surface area (Å²) in [7, 11) is 0. The largest absolute Gasteiger partial charge is 0.508 e. The predicted molar refractivity (Wildman–Crippen MR) is 102 cm³/mol. The van der Waals surface area contributed by atoms with Crippen LogP contribution in [0.2, 0.25) is 0 Å². The van der Waals surface area contributed by atoms with Crippen LogP contribution in [0.5, 0.6) is 17.2 Å². The van der Waals surface area contributed by atoms with Crippen molar-refractivity contribution in [3.8, 4) is 28.6 Å². The van der Waals surface area contributed by atoms with Crippen molar-refractivity contribution in [3.63, 3.8) is 0 Å². The van der Waals surface area contributed by atoms with Crippen molar-refractivity contribution in [3.05, 3.63) is 52.2 Å². The molecule has 2 aliphatic rings. The van der Waals surface area contributed by atoms with Crippen molar-refractivity contribution >= 4 is 11.0 Å². The lowest BCUT2D eigenvalue weighted by Gasteiger charge is -2.38. The highest BCUT2D eigenvalue weighted by molar-refractivity contribution is 5.88. The van der Waals surface area contributed by atoms with E-state index < -0.39 is 48.3 Å². The van der Waals surface area contributed by atoms with Crippen LogP contribution in [0.3, 0.4) is 0 Å². The minimum absolute atomic E-state index is 0.0641. The molecule has 30 heavy (non-hydrogen) atoms. The molecule has 2 aromatic carbocycles. The van der Waals surface area contributed by atoms with Gasteiger partial charge in [-0.2, -0.15) is 0 Å². The number of benzene rings is 2. The molecule has 3 aromatic rings. The zero-order valence-electron chi connectivity index (χ0n) is 15.4. The van der Waals surface area contributed by atoms with Crippen molar-refractivity contribution < 1.29 is 39.4 Å². The molecule has 5 N–H and O–H groups in total. The summed E-state index contributed by atoms with van der Waals surface area (Å²) in [6.07, 6.45) is -5.81. The number of rotatable bonds is 2. The van der Waals surface area contributed by atoms with E-state index in [-0.39, 0.29) is 33.8 Å². The summed E-state index contributed by atoms with van der Waals surface area (Å²) in [5.74, 6) is 0.0386. The molecule has 1 fully saturated rings. The fourth-order valence-electron chi connectivity index (χ4n) is 4.04. The number of aliphatic hydroxyl groups is 3. The molecule has 0 bridgehead atoms. The van der Waals surface area contributed by atoms with Crippen LogP contribution in [-0.2, 0) is 4.74 Å². The molecule has 0 unspecified atom stereocenters. The van der Waals surface area contributed by atoms with Gasteiger partial charge in [0.1, 0.15) is 58.4 Å². The number of aromatic hydroxyl groups is 2. The maximum absolute atomic E-state index is 12.8. The zero-order valence-corrected chi connectivity index (χ0v) is 15.4. The van der Waals surface area contributed by atoms with Crippen LogP contribution < -0.4 is 10.2 Å². The second-order valence-electron chi connectivity index (χ2n) is 7.37. The van der Waals surface area contributed by atoms with E-state index in [9.17, 15) is 30.3 Å². The first-order valence-electron chi connectivity index (χ1n) is 9.31.